The quantitative estimate of drug-likeness (QED) is 0.835. The molecule has 1 aliphatic carbocycles. The van der Waals surface area contributed by atoms with Gasteiger partial charge in [-0.1, -0.05) is 12.8 Å². The van der Waals surface area contributed by atoms with E-state index in [1.54, 1.807) is 0 Å². The molecule has 26 heavy (non-hydrogen) atoms. The summed E-state index contributed by atoms with van der Waals surface area (Å²) in [6.07, 6.45) is 2.09. The summed E-state index contributed by atoms with van der Waals surface area (Å²) in [5, 5.41) is 1.90. The molecular formula is C17H21F3N2O2S2. The van der Waals surface area contributed by atoms with Crippen molar-refractivity contribution in [2.75, 3.05) is 18.2 Å². The smallest absolute Gasteiger partial charge is 0.345 e. The fourth-order valence-corrected chi connectivity index (χ4v) is 5.62. The van der Waals surface area contributed by atoms with Gasteiger partial charge in [0.15, 0.2) is 0 Å². The van der Waals surface area contributed by atoms with Gasteiger partial charge in [-0.25, -0.2) is 0 Å². The molecular weight excluding hydrogens is 385 g/mol. The molecule has 2 heterocycles. The number of hydrogen-bond donors (Lipinski definition) is 1. The third-order valence-electron chi connectivity index (χ3n) is 4.62. The molecule has 0 bridgehead atoms. The SMILES string of the molecule is O=C(NCC(F)(F)F)[C@H]1CSCN1C(=O)c1cc2c(s1)CCCCCC2. The van der Waals surface area contributed by atoms with Crippen LogP contribution in [0.3, 0.4) is 0 Å². The van der Waals surface area contributed by atoms with Gasteiger partial charge in [0.05, 0.1) is 10.8 Å². The molecule has 3 rings (SSSR count). The van der Waals surface area contributed by atoms with Crippen LogP contribution in [0.2, 0.25) is 0 Å². The first kappa shape index (κ1) is 19.5. The third-order valence-corrected chi connectivity index (χ3v) is 6.85. The molecule has 1 N–H and O–H groups in total. The number of rotatable bonds is 3. The summed E-state index contributed by atoms with van der Waals surface area (Å²) in [7, 11) is 0. The van der Waals surface area contributed by atoms with E-state index in [9.17, 15) is 22.8 Å². The summed E-state index contributed by atoms with van der Waals surface area (Å²) in [6, 6.07) is 1.07. The minimum atomic E-state index is -4.46. The Morgan fingerprint density at radius 1 is 1.19 bits per heavy atom. The molecule has 1 saturated heterocycles. The maximum atomic E-state index is 12.9. The topological polar surface area (TPSA) is 49.4 Å². The van der Waals surface area contributed by atoms with Crippen LogP contribution < -0.4 is 5.32 Å². The van der Waals surface area contributed by atoms with Gasteiger partial charge < -0.3 is 10.2 Å². The number of nitrogens with one attached hydrogen (secondary N) is 1. The van der Waals surface area contributed by atoms with Crippen molar-refractivity contribution < 1.29 is 22.8 Å². The van der Waals surface area contributed by atoms with Crippen molar-refractivity contribution in [3.05, 3.63) is 21.4 Å². The Kier molecular flexibility index (Phi) is 6.17. The van der Waals surface area contributed by atoms with Crippen LogP contribution in [0.5, 0.6) is 0 Å². The zero-order valence-corrected chi connectivity index (χ0v) is 15.9. The van der Waals surface area contributed by atoms with Gasteiger partial charge in [-0.05, 0) is 37.3 Å². The van der Waals surface area contributed by atoms with E-state index in [1.807, 2.05) is 11.4 Å². The van der Waals surface area contributed by atoms with Crippen LogP contribution in [0.1, 0.15) is 45.8 Å². The summed E-state index contributed by atoms with van der Waals surface area (Å²) in [6.45, 7) is -1.37. The van der Waals surface area contributed by atoms with Gasteiger partial charge in [-0.15, -0.1) is 23.1 Å². The van der Waals surface area contributed by atoms with Crippen LogP contribution >= 0.6 is 23.1 Å². The molecule has 144 valence electrons. The predicted octanol–water partition coefficient (Wildman–Crippen LogP) is 3.60. The Hall–Kier alpha value is -1.22. The van der Waals surface area contributed by atoms with Crippen LogP contribution in [-0.4, -0.2) is 47.1 Å². The first-order valence-electron chi connectivity index (χ1n) is 8.70. The van der Waals surface area contributed by atoms with E-state index in [2.05, 4.69) is 0 Å². The average molecular weight is 406 g/mol. The summed E-state index contributed by atoms with van der Waals surface area (Å²) in [4.78, 5) is 28.2. The van der Waals surface area contributed by atoms with Gasteiger partial charge in [0.25, 0.3) is 5.91 Å². The van der Waals surface area contributed by atoms with Crippen molar-refractivity contribution in [3.8, 4) is 0 Å². The van der Waals surface area contributed by atoms with E-state index in [1.165, 1.54) is 51.3 Å². The highest BCUT2D eigenvalue weighted by molar-refractivity contribution is 7.99. The monoisotopic (exact) mass is 406 g/mol. The molecule has 0 unspecified atom stereocenters. The van der Waals surface area contributed by atoms with Crippen molar-refractivity contribution in [1.29, 1.82) is 0 Å². The molecule has 0 aromatic carbocycles. The summed E-state index contributed by atoms with van der Waals surface area (Å²) in [5.41, 5.74) is 1.21. The molecule has 1 aromatic rings. The van der Waals surface area contributed by atoms with Gasteiger partial charge in [0, 0.05) is 10.6 Å². The first-order valence-corrected chi connectivity index (χ1v) is 10.7. The number of hydrogen-bond acceptors (Lipinski definition) is 4. The maximum Gasteiger partial charge on any atom is 0.405 e. The molecule has 1 aliphatic heterocycles. The zero-order chi connectivity index (χ0) is 18.7. The molecule has 1 atom stereocenters. The zero-order valence-electron chi connectivity index (χ0n) is 14.2. The van der Waals surface area contributed by atoms with E-state index in [-0.39, 0.29) is 5.91 Å². The molecule has 0 radical (unpaired) electrons. The van der Waals surface area contributed by atoms with E-state index < -0.39 is 24.7 Å². The number of aryl methyl sites for hydroxylation is 2. The lowest BCUT2D eigenvalue weighted by Gasteiger charge is -2.22. The average Bonchev–Trinajstić information content (AvgIpc) is 3.18. The Morgan fingerprint density at radius 3 is 2.65 bits per heavy atom. The van der Waals surface area contributed by atoms with Crippen LogP contribution in [0, 0.1) is 0 Å². The van der Waals surface area contributed by atoms with Gasteiger partial charge in [0.1, 0.15) is 12.6 Å². The van der Waals surface area contributed by atoms with Crippen molar-refractivity contribution in [3.63, 3.8) is 0 Å². The Balaban J connectivity index is 1.70. The predicted molar refractivity (Wildman–Crippen MR) is 96.5 cm³/mol. The second-order valence-corrected chi connectivity index (χ2v) is 8.73. The number of carbonyl (C=O) groups is 2. The normalized spacial score (nSPS) is 21.0. The summed E-state index contributed by atoms with van der Waals surface area (Å²) in [5.74, 6) is -0.346. The van der Waals surface area contributed by atoms with Crippen molar-refractivity contribution in [2.45, 2.75) is 50.7 Å². The largest absolute Gasteiger partial charge is 0.405 e. The summed E-state index contributed by atoms with van der Waals surface area (Å²) >= 11 is 2.86. The molecule has 1 aromatic heterocycles. The number of carbonyl (C=O) groups excluding carboxylic acids is 2. The molecule has 2 amide bonds. The Labute approximate surface area is 158 Å². The minimum Gasteiger partial charge on any atom is -0.345 e. The number of halogens is 3. The van der Waals surface area contributed by atoms with Crippen LogP contribution in [-0.2, 0) is 17.6 Å². The second-order valence-electron chi connectivity index (χ2n) is 6.60. The number of amides is 2. The standard InChI is InChI=1S/C17H21F3N2O2S2/c18-17(19,20)9-21-15(23)12-8-25-10-22(12)16(24)14-7-11-5-3-1-2-4-6-13(11)26-14/h7,12H,1-6,8-10H2,(H,21,23)/t12-/m1/s1. The van der Waals surface area contributed by atoms with Crippen LogP contribution in [0.4, 0.5) is 13.2 Å². The van der Waals surface area contributed by atoms with Crippen LogP contribution in [0.25, 0.3) is 0 Å². The van der Waals surface area contributed by atoms with Crippen LogP contribution in [0.15, 0.2) is 6.07 Å². The Bertz CT molecular complexity index is 650. The van der Waals surface area contributed by atoms with Gasteiger partial charge >= 0.3 is 6.18 Å². The third kappa shape index (κ3) is 4.73. The number of nitrogens with zero attached hydrogens (tertiary/aromatic N) is 1. The lowest BCUT2D eigenvalue weighted by atomic mass is 10.00. The van der Waals surface area contributed by atoms with E-state index in [4.69, 9.17) is 0 Å². The highest BCUT2D eigenvalue weighted by Crippen LogP contribution is 2.31. The molecule has 1 fully saturated rings. The fourth-order valence-electron chi connectivity index (χ4n) is 3.26. The van der Waals surface area contributed by atoms with Crippen molar-refractivity contribution >= 4 is 34.9 Å². The van der Waals surface area contributed by atoms with Gasteiger partial charge in [0.2, 0.25) is 5.91 Å². The molecule has 2 aliphatic rings. The molecule has 9 heteroatoms. The van der Waals surface area contributed by atoms with Gasteiger partial charge in [-0.2, -0.15) is 13.2 Å². The number of alkyl halides is 3. The van der Waals surface area contributed by atoms with Crippen molar-refractivity contribution in [2.24, 2.45) is 0 Å². The number of thioether (sulfide) groups is 1. The Morgan fingerprint density at radius 2 is 1.92 bits per heavy atom. The maximum absolute atomic E-state index is 12.9. The highest BCUT2D eigenvalue weighted by atomic mass is 32.2. The molecule has 0 saturated carbocycles. The lowest BCUT2D eigenvalue weighted by Crippen LogP contribution is -2.49. The molecule has 0 spiro atoms. The van der Waals surface area contributed by atoms with E-state index in [0.717, 1.165) is 25.7 Å². The fraction of sp³-hybridized carbons (Fsp3) is 0.647. The van der Waals surface area contributed by atoms with Gasteiger partial charge in [-0.3, -0.25) is 9.59 Å². The van der Waals surface area contributed by atoms with E-state index >= 15 is 0 Å². The first-order chi connectivity index (χ1) is 12.3. The minimum absolute atomic E-state index is 0.251. The number of thiophene rings is 1. The summed E-state index contributed by atoms with van der Waals surface area (Å²) < 4.78 is 37.0. The molecule has 4 nitrogen and oxygen atoms in total. The highest BCUT2D eigenvalue weighted by Gasteiger charge is 2.37. The lowest BCUT2D eigenvalue weighted by molar-refractivity contribution is -0.140. The second kappa shape index (κ2) is 8.21. The van der Waals surface area contributed by atoms with Crippen molar-refractivity contribution in [1.82, 2.24) is 10.2 Å². The van der Waals surface area contributed by atoms with E-state index in [0.29, 0.717) is 16.5 Å². The number of fused-ring (bicyclic) bond motifs is 1.